The lowest BCUT2D eigenvalue weighted by Gasteiger charge is -2.35. The van der Waals surface area contributed by atoms with E-state index in [1.54, 1.807) is 18.2 Å². The fourth-order valence-electron chi connectivity index (χ4n) is 3.86. The van der Waals surface area contributed by atoms with Crippen LogP contribution in [0.4, 0.5) is 0 Å². The van der Waals surface area contributed by atoms with Crippen LogP contribution >= 0.6 is 0 Å². The van der Waals surface area contributed by atoms with Gasteiger partial charge in [-0.2, -0.15) is 0 Å². The lowest BCUT2D eigenvalue weighted by Crippen LogP contribution is -2.30. The molecular weight excluding hydrogens is 292 g/mol. The van der Waals surface area contributed by atoms with Gasteiger partial charge in [-0.15, -0.1) is 0 Å². The molecule has 4 rings (SSSR count). The summed E-state index contributed by atoms with van der Waals surface area (Å²) in [7, 11) is 0. The number of carbonyl (C=O) groups is 2. The third-order valence-corrected chi connectivity index (χ3v) is 4.84. The number of Topliss-reactive ketones (excluding diaryl/α,β-unsaturated/α-hetero) is 2. The molecule has 0 unspecified atom stereocenters. The first-order valence-corrected chi connectivity index (χ1v) is 8.14. The van der Waals surface area contributed by atoms with Gasteiger partial charge in [0.2, 0.25) is 0 Å². The fraction of sp³-hybridized carbons (Fsp3) is 0.368. The molecule has 1 aromatic carbocycles. The second-order valence-corrected chi connectivity index (χ2v) is 6.36. The van der Waals surface area contributed by atoms with Crippen LogP contribution in [0, 0.1) is 0 Å². The maximum absolute atomic E-state index is 12.5. The van der Waals surface area contributed by atoms with E-state index in [4.69, 9.17) is 4.74 Å². The molecule has 4 nitrogen and oxygen atoms in total. The topological polar surface area (TPSA) is 63.6 Å². The van der Waals surface area contributed by atoms with Crippen molar-refractivity contribution in [2.24, 2.45) is 0 Å². The lowest BCUT2D eigenvalue weighted by molar-refractivity contribution is -0.117. The van der Waals surface area contributed by atoms with Crippen LogP contribution in [-0.2, 0) is 14.3 Å². The van der Waals surface area contributed by atoms with E-state index in [0.717, 1.165) is 42.8 Å². The van der Waals surface area contributed by atoms with Gasteiger partial charge < -0.3 is 9.84 Å². The van der Waals surface area contributed by atoms with Gasteiger partial charge in [0.05, 0.1) is 0 Å². The summed E-state index contributed by atoms with van der Waals surface area (Å²) < 4.78 is 5.97. The molecule has 2 aliphatic carbocycles. The molecule has 0 saturated heterocycles. The highest BCUT2D eigenvalue weighted by molar-refractivity contribution is 6.05. The van der Waals surface area contributed by atoms with E-state index >= 15 is 0 Å². The van der Waals surface area contributed by atoms with Crippen molar-refractivity contribution >= 4 is 11.6 Å². The summed E-state index contributed by atoms with van der Waals surface area (Å²) in [6, 6.07) is 6.86. The van der Waals surface area contributed by atoms with Gasteiger partial charge in [0.15, 0.2) is 11.6 Å². The van der Waals surface area contributed by atoms with E-state index in [9.17, 15) is 14.7 Å². The summed E-state index contributed by atoms with van der Waals surface area (Å²) in [5.74, 6) is 1.33. The summed E-state index contributed by atoms with van der Waals surface area (Å²) in [6.45, 7) is 0. The summed E-state index contributed by atoms with van der Waals surface area (Å²) in [4.78, 5) is 25.1. The Morgan fingerprint density at radius 2 is 1.52 bits per heavy atom. The van der Waals surface area contributed by atoms with Crippen molar-refractivity contribution in [3.63, 3.8) is 0 Å². The molecule has 1 aliphatic heterocycles. The monoisotopic (exact) mass is 310 g/mol. The van der Waals surface area contributed by atoms with Crippen LogP contribution in [-0.4, -0.2) is 16.7 Å². The Morgan fingerprint density at radius 1 is 0.913 bits per heavy atom. The molecule has 0 amide bonds. The second kappa shape index (κ2) is 5.37. The van der Waals surface area contributed by atoms with Gasteiger partial charge in [-0.3, -0.25) is 9.59 Å². The predicted molar refractivity (Wildman–Crippen MR) is 83.7 cm³/mol. The van der Waals surface area contributed by atoms with Crippen LogP contribution in [0.15, 0.2) is 46.9 Å². The summed E-state index contributed by atoms with van der Waals surface area (Å²) in [5, 5.41) is 9.83. The summed E-state index contributed by atoms with van der Waals surface area (Å²) >= 11 is 0. The van der Waals surface area contributed by atoms with Crippen LogP contribution in [0.1, 0.15) is 50.0 Å². The molecule has 3 aliphatic rings. The number of ether oxygens (including phenoxy) is 1. The minimum Gasteiger partial charge on any atom is -0.508 e. The van der Waals surface area contributed by atoms with Crippen molar-refractivity contribution in [3.8, 4) is 5.75 Å². The average Bonchev–Trinajstić information content (AvgIpc) is 2.53. The van der Waals surface area contributed by atoms with E-state index < -0.39 is 0 Å². The zero-order valence-electron chi connectivity index (χ0n) is 12.8. The van der Waals surface area contributed by atoms with Crippen molar-refractivity contribution in [2.45, 2.75) is 44.4 Å². The van der Waals surface area contributed by atoms with Gasteiger partial charge in [-0.1, -0.05) is 12.1 Å². The van der Waals surface area contributed by atoms with E-state index in [0.29, 0.717) is 24.0 Å². The molecular formula is C19H18O4. The number of hydrogen-bond acceptors (Lipinski definition) is 4. The van der Waals surface area contributed by atoms with Gasteiger partial charge in [-0.25, -0.2) is 0 Å². The van der Waals surface area contributed by atoms with Crippen molar-refractivity contribution in [1.82, 2.24) is 0 Å². The Hall–Kier alpha value is -2.36. The largest absolute Gasteiger partial charge is 0.508 e. The predicted octanol–water partition coefficient (Wildman–Crippen LogP) is 3.52. The normalized spacial score (nSPS) is 21.9. The lowest BCUT2D eigenvalue weighted by atomic mass is 9.73. The van der Waals surface area contributed by atoms with E-state index in [1.807, 2.05) is 6.07 Å². The Labute approximate surface area is 134 Å². The first-order chi connectivity index (χ1) is 11.1. The molecule has 1 heterocycles. The second-order valence-electron chi connectivity index (χ2n) is 6.36. The summed E-state index contributed by atoms with van der Waals surface area (Å²) in [6.07, 6.45) is 4.05. The molecule has 0 radical (unpaired) electrons. The highest BCUT2D eigenvalue weighted by atomic mass is 16.5. The molecule has 0 atom stereocenters. The van der Waals surface area contributed by atoms with Crippen molar-refractivity contribution in [3.05, 3.63) is 52.5 Å². The Kier molecular flexibility index (Phi) is 3.33. The van der Waals surface area contributed by atoms with Crippen LogP contribution < -0.4 is 0 Å². The van der Waals surface area contributed by atoms with Crippen molar-refractivity contribution < 1.29 is 19.4 Å². The highest BCUT2D eigenvalue weighted by Gasteiger charge is 2.41. The first kappa shape index (κ1) is 14.2. The zero-order chi connectivity index (χ0) is 16.0. The molecule has 0 fully saturated rings. The Balaban J connectivity index is 1.92. The molecule has 0 aromatic heterocycles. The average molecular weight is 310 g/mol. The van der Waals surface area contributed by atoms with E-state index in [2.05, 4.69) is 0 Å². The number of rotatable bonds is 1. The Bertz CT molecular complexity index is 727. The molecule has 4 heteroatoms. The van der Waals surface area contributed by atoms with Gasteiger partial charge in [0.25, 0.3) is 0 Å². The smallest absolute Gasteiger partial charge is 0.163 e. The molecule has 0 bridgehead atoms. The number of phenols is 1. The molecule has 23 heavy (non-hydrogen) atoms. The molecule has 1 aromatic rings. The number of carbonyl (C=O) groups excluding carboxylic acids is 2. The highest BCUT2D eigenvalue weighted by Crippen LogP contribution is 2.47. The summed E-state index contributed by atoms with van der Waals surface area (Å²) in [5.41, 5.74) is 2.03. The third-order valence-electron chi connectivity index (χ3n) is 4.84. The quantitative estimate of drug-likeness (QED) is 0.862. The van der Waals surface area contributed by atoms with Crippen molar-refractivity contribution in [1.29, 1.82) is 0 Å². The molecule has 0 spiro atoms. The minimum atomic E-state index is -0.388. The van der Waals surface area contributed by atoms with Crippen LogP contribution in [0.2, 0.25) is 0 Å². The van der Waals surface area contributed by atoms with Crippen molar-refractivity contribution in [2.75, 3.05) is 0 Å². The van der Waals surface area contributed by atoms with Gasteiger partial charge in [-0.05, 0) is 30.5 Å². The maximum Gasteiger partial charge on any atom is 0.163 e. The SMILES string of the molecule is O=C1CCCC2=C1C(c1cccc(O)c1)C1=C(CCCC1=O)O2. The van der Waals surface area contributed by atoms with Crippen LogP contribution in [0.5, 0.6) is 5.75 Å². The van der Waals surface area contributed by atoms with Crippen LogP contribution in [0.3, 0.4) is 0 Å². The molecule has 118 valence electrons. The number of ketones is 2. The number of phenolic OH excluding ortho intramolecular Hbond substituents is 1. The first-order valence-electron chi connectivity index (χ1n) is 8.14. The number of benzene rings is 1. The number of allylic oxidation sites excluding steroid dienone is 4. The van der Waals surface area contributed by atoms with Gasteiger partial charge in [0, 0.05) is 42.7 Å². The van der Waals surface area contributed by atoms with Crippen LogP contribution in [0.25, 0.3) is 0 Å². The molecule has 1 N–H and O–H groups in total. The van der Waals surface area contributed by atoms with Gasteiger partial charge in [0.1, 0.15) is 17.3 Å². The molecule has 0 saturated carbocycles. The Morgan fingerprint density at radius 3 is 2.09 bits per heavy atom. The van der Waals surface area contributed by atoms with Gasteiger partial charge >= 0.3 is 0 Å². The maximum atomic E-state index is 12.5. The number of aromatic hydroxyl groups is 1. The minimum absolute atomic E-state index is 0.0597. The van der Waals surface area contributed by atoms with E-state index in [1.165, 1.54) is 0 Å². The zero-order valence-corrected chi connectivity index (χ0v) is 12.8. The third kappa shape index (κ3) is 2.29. The fourth-order valence-corrected chi connectivity index (χ4v) is 3.86. The van der Waals surface area contributed by atoms with E-state index in [-0.39, 0.29) is 23.2 Å². The number of hydrogen-bond donors (Lipinski definition) is 1. The standard InChI is InChI=1S/C19H18O4/c20-12-5-1-4-11(10-12)17-18-13(21)6-2-8-15(18)23-16-9-3-7-14(22)19(16)17/h1,4-5,10,17,20H,2-3,6-9H2.